The Morgan fingerprint density at radius 1 is 0.900 bits per heavy atom. The van der Waals surface area contributed by atoms with Crippen LogP contribution in [0.15, 0.2) is 108 Å². The van der Waals surface area contributed by atoms with Gasteiger partial charge in [0.05, 0.1) is 6.61 Å². The van der Waals surface area contributed by atoms with Crippen molar-refractivity contribution in [3.63, 3.8) is 0 Å². The minimum Gasteiger partial charge on any atom is -0.493 e. The van der Waals surface area contributed by atoms with Crippen LogP contribution in [0.2, 0.25) is 0 Å². The van der Waals surface area contributed by atoms with E-state index >= 15 is 0 Å². The van der Waals surface area contributed by atoms with Crippen LogP contribution >= 0.6 is 0 Å². The normalized spacial score (nSPS) is 16.1. The second kappa shape index (κ2) is 17.1. The summed E-state index contributed by atoms with van der Waals surface area (Å²) in [5.41, 5.74) is 8.53. The molecular weight excluding hydrogens is 761 g/mol. The first-order chi connectivity index (χ1) is 29.0. The number of nitrogens with zero attached hydrogens (tertiary/aromatic N) is 3. The molecule has 8 rings (SSSR count). The van der Waals surface area contributed by atoms with Crippen molar-refractivity contribution < 1.29 is 38.1 Å². The van der Waals surface area contributed by atoms with Crippen LogP contribution in [0.5, 0.6) is 17.2 Å². The molecule has 0 radical (unpaired) electrons. The molecule has 4 heterocycles. The number of aromatic nitrogens is 2. The minimum absolute atomic E-state index is 0.0401. The number of benzene rings is 4. The molecule has 60 heavy (non-hydrogen) atoms. The highest BCUT2D eigenvalue weighted by molar-refractivity contribution is 5.98. The largest absolute Gasteiger partial charge is 0.493 e. The van der Waals surface area contributed by atoms with Gasteiger partial charge in [-0.2, -0.15) is 0 Å². The molecule has 2 aliphatic rings. The number of aliphatic carboxylic acids is 1. The summed E-state index contributed by atoms with van der Waals surface area (Å²) in [7, 11) is 0. The number of rotatable bonds is 12. The number of carboxylic acids is 1. The number of hydrogen-bond acceptors (Lipinski definition) is 9. The fourth-order valence-corrected chi connectivity index (χ4v) is 7.81. The lowest BCUT2D eigenvalue weighted by atomic mass is 9.91. The number of carbonyl (C=O) groups is 3. The SMILES string of the molecule is Cc1nc(C(=O)N2Cc3cc4c(cc3C[C@H]2C(=O)N[C@@H](Cc2ccc(-c3ccnc(C)c3C)cc2)C(=O)O)OC[C@H](c2ccc(OCCc3ccccc3)cc2)O4)c(C)o1. The molecule has 12 nitrogen and oxygen atoms in total. The van der Waals surface area contributed by atoms with Crippen molar-refractivity contribution in [2.24, 2.45) is 0 Å². The first-order valence-electron chi connectivity index (χ1n) is 20.0. The Bertz CT molecular complexity index is 2540. The highest BCUT2D eigenvalue weighted by Gasteiger charge is 2.39. The number of nitrogens with one attached hydrogen (secondary N) is 1. The third-order valence-corrected chi connectivity index (χ3v) is 11.3. The standard InChI is InChI=1S/C48H46N4O8/c1-28-29(2)49-20-18-39(28)34-12-10-33(11-13-34)22-40(48(55)56)51-46(53)41-23-36-24-42-43(25-37(36)26-52(41)47(54)45-30(3)59-31(4)50-45)60-44(27-58-42)35-14-16-38(17-15-35)57-21-19-32-8-6-5-7-9-32/h5-18,20,24-25,40-41,44H,19,21-23,26-27H2,1-4H3,(H,51,53)(H,55,56)/t40-,41-,44+/m0/s1. The van der Waals surface area contributed by atoms with E-state index in [1.807, 2.05) is 98.8 Å². The second-order valence-electron chi connectivity index (χ2n) is 15.3. The Hall–Kier alpha value is -6.95. The molecule has 0 aliphatic carbocycles. The van der Waals surface area contributed by atoms with Gasteiger partial charge in [0.25, 0.3) is 5.91 Å². The number of carbonyl (C=O) groups excluding carboxylic acids is 2. The molecule has 2 aromatic heterocycles. The number of oxazole rings is 1. The van der Waals surface area contributed by atoms with Gasteiger partial charge in [-0.1, -0.05) is 66.7 Å². The van der Waals surface area contributed by atoms with Crippen molar-refractivity contribution in [1.82, 2.24) is 20.2 Å². The van der Waals surface area contributed by atoms with Crippen LogP contribution in [0.1, 0.15) is 67.3 Å². The lowest BCUT2D eigenvalue weighted by molar-refractivity contribution is -0.142. The molecule has 4 aromatic carbocycles. The predicted molar refractivity (Wildman–Crippen MR) is 223 cm³/mol. The molecule has 0 bridgehead atoms. The molecule has 0 saturated heterocycles. The first-order valence-corrected chi connectivity index (χ1v) is 20.0. The van der Waals surface area contributed by atoms with Crippen LogP contribution in [-0.2, 0) is 35.4 Å². The Labute approximate surface area is 348 Å². The van der Waals surface area contributed by atoms with E-state index in [1.165, 1.54) is 10.5 Å². The van der Waals surface area contributed by atoms with Gasteiger partial charge >= 0.3 is 5.97 Å². The Morgan fingerprint density at radius 2 is 1.65 bits per heavy atom. The van der Waals surface area contributed by atoms with E-state index in [2.05, 4.69) is 27.4 Å². The maximum atomic E-state index is 14.2. The van der Waals surface area contributed by atoms with Gasteiger partial charge in [-0.15, -0.1) is 0 Å². The maximum Gasteiger partial charge on any atom is 0.326 e. The number of carboxylic acid groups (broad SMARTS) is 1. The van der Waals surface area contributed by atoms with E-state index in [0.717, 1.165) is 56.8 Å². The van der Waals surface area contributed by atoms with Crippen LogP contribution < -0.4 is 19.5 Å². The highest BCUT2D eigenvalue weighted by atomic mass is 16.6. The van der Waals surface area contributed by atoms with Crippen LogP contribution in [0.3, 0.4) is 0 Å². The molecule has 2 aliphatic heterocycles. The van der Waals surface area contributed by atoms with Crippen LogP contribution in [0, 0.1) is 27.7 Å². The molecule has 0 fully saturated rings. The third-order valence-electron chi connectivity index (χ3n) is 11.3. The topological polar surface area (TPSA) is 153 Å². The second-order valence-corrected chi connectivity index (χ2v) is 15.3. The lowest BCUT2D eigenvalue weighted by Crippen LogP contribution is -2.56. The Morgan fingerprint density at radius 3 is 2.37 bits per heavy atom. The van der Waals surface area contributed by atoms with Crippen molar-refractivity contribution in [2.45, 2.75) is 71.7 Å². The van der Waals surface area contributed by atoms with Gasteiger partial charge in [0.2, 0.25) is 5.91 Å². The zero-order chi connectivity index (χ0) is 41.9. The van der Waals surface area contributed by atoms with Gasteiger partial charge in [0.15, 0.2) is 29.2 Å². The monoisotopic (exact) mass is 806 g/mol. The first kappa shape index (κ1) is 39.9. The number of amides is 2. The zero-order valence-corrected chi connectivity index (χ0v) is 33.9. The number of hydrogen-bond donors (Lipinski definition) is 2. The Kier molecular flexibility index (Phi) is 11.4. The molecule has 3 atom stereocenters. The Balaban J connectivity index is 0.987. The molecule has 0 saturated carbocycles. The van der Waals surface area contributed by atoms with Crippen molar-refractivity contribution in [3.8, 4) is 28.4 Å². The van der Waals surface area contributed by atoms with Gasteiger partial charge in [-0.25, -0.2) is 9.78 Å². The van der Waals surface area contributed by atoms with E-state index in [1.54, 1.807) is 20.0 Å². The van der Waals surface area contributed by atoms with E-state index < -0.39 is 29.9 Å². The van der Waals surface area contributed by atoms with Crippen molar-refractivity contribution in [3.05, 3.63) is 160 Å². The van der Waals surface area contributed by atoms with Gasteiger partial charge < -0.3 is 34.0 Å². The molecule has 2 N–H and O–H groups in total. The van der Waals surface area contributed by atoms with Gasteiger partial charge in [-0.3, -0.25) is 14.6 Å². The summed E-state index contributed by atoms with van der Waals surface area (Å²) in [6.45, 7) is 8.14. The van der Waals surface area contributed by atoms with E-state index in [9.17, 15) is 19.5 Å². The summed E-state index contributed by atoms with van der Waals surface area (Å²) in [5.74, 6) is 0.155. The van der Waals surface area contributed by atoms with Gasteiger partial charge in [-0.05, 0) is 95.6 Å². The van der Waals surface area contributed by atoms with Gasteiger partial charge in [0, 0.05) is 44.6 Å². The fraction of sp³-hybridized carbons (Fsp3) is 0.271. The van der Waals surface area contributed by atoms with Crippen LogP contribution in [-0.4, -0.2) is 63.1 Å². The zero-order valence-electron chi connectivity index (χ0n) is 33.9. The molecule has 0 spiro atoms. The van der Waals surface area contributed by atoms with E-state index in [-0.39, 0.29) is 37.8 Å². The quantitative estimate of drug-likeness (QED) is 0.127. The summed E-state index contributed by atoms with van der Waals surface area (Å²) in [6, 6.07) is 28.9. The molecule has 12 heteroatoms. The summed E-state index contributed by atoms with van der Waals surface area (Å²) >= 11 is 0. The number of pyridine rings is 1. The van der Waals surface area contributed by atoms with Crippen LogP contribution in [0.4, 0.5) is 0 Å². The van der Waals surface area contributed by atoms with Gasteiger partial charge in [0.1, 0.15) is 30.2 Å². The van der Waals surface area contributed by atoms with E-state index in [4.69, 9.17) is 18.6 Å². The molecule has 306 valence electrons. The smallest absolute Gasteiger partial charge is 0.326 e. The molecule has 0 unspecified atom stereocenters. The van der Waals surface area contributed by atoms with E-state index in [0.29, 0.717) is 29.8 Å². The fourth-order valence-electron chi connectivity index (χ4n) is 7.81. The molecular formula is C48H46N4O8. The van der Waals surface area contributed by atoms with Crippen molar-refractivity contribution in [2.75, 3.05) is 13.2 Å². The number of ether oxygens (including phenoxy) is 3. The average molecular weight is 807 g/mol. The summed E-state index contributed by atoms with van der Waals surface area (Å²) in [5, 5.41) is 13.0. The van der Waals surface area contributed by atoms with Crippen molar-refractivity contribution in [1.29, 1.82) is 0 Å². The summed E-state index contributed by atoms with van der Waals surface area (Å²) in [4.78, 5) is 51.1. The summed E-state index contributed by atoms with van der Waals surface area (Å²) < 4.78 is 24.3. The molecule has 6 aromatic rings. The summed E-state index contributed by atoms with van der Waals surface area (Å²) in [6.07, 6.45) is 2.34. The minimum atomic E-state index is -1.25. The highest BCUT2D eigenvalue weighted by Crippen LogP contribution is 2.41. The average Bonchev–Trinajstić information content (AvgIpc) is 3.60. The third kappa shape index (κ3) is 8.58. The predicted octanol–water partition coefficient (Wildman–Crippen LogP) is 7.48. The maximum absolute atomic E-state index is 14.2. The number of fused-ring (bicyclic) bond motifs is 2. The van der Waals surface area contributed by atoms with Crippen molar-refractivity contribution >= 4 is 17.8 Å². The molecule has 2 amide bonds. The van der Waals surface area contributed by atoms with Crippen LogP contribution in [0.25, 0.3) is 11.1 Å². The lowest BCUT2D eigenvalue weighted by Gasteiger charge is -2.37. The number of aryl methyl sites for hydroxylation is 3.